The molecule has 2 heterocycles. The molecule has 0 saturated carbocycles. The fraction of sp³-hybridized carbons (Fsp3) is 0.538. The summed E-state index contributed by atoms with van der Waals surface area (Å²) in [7, 11) is 0.780. The Balaban J connectivity index is 2.35. The van der Waals surface area contributed by atoms with E-state index in [9.17, 15) is 4.79 Å². The van der Waals surface area contributed by atoms with Gasteiger partial charge in [-0.15, -0.1) is 0 Å². The van der Waals surface area contributed by atoms with E-state index in [1.807, 2.05) is 27.7 Å². The molecule has 1 aliphatic heterocycles. The SMILES string of the molecule is COC(=O)c1cc(B2OC(C)(C)C(C)(C)O2)cc(Br)n1. The number of aromatic nitrogens is 1. The lowest BCUT2D eigenvalue weighted by atomic mass is 9.79. The summed E-state index contributed by atoms with van der Waals surface area (Å²) in [6, 6.07) is 3.40. The maximum absolute atomic E-state index is 11.6. The number of hydrogen-bond donors (Lipinski definition) is 0. The van der Waals surface area contributed by atoms with Crippen LogP contribution in [0.2, 0.25) is 0 Å². The number of methoxy groups -OCH3 is 1. The van der Waals surface area contributed by atoms with E-state index in [1.54, 1.807) is 12.1 Å². The molecule has 0 bridgehead atoms. The van der Waals surface area contributed by atoms with E-state index >= 15 is 0 Å². The van der Waals surface area contributed by atoms with Crippen LogP contribution in [0.25, 0.3) is 0 Å². The van der Waals surface area contributed by atoms with E-state index < -0.39 is 24.3 Å². The van der Waals surface area contributed by atoms with Crippen molar-refractivity contribution < 1.29 is 18.8 Å². The first-order valence-corrected chi connectivity index (χ1v) is 7.07. The molecule has 0 spiro atoms. The smallest absolute Gasteiger partial charge is 0.464 e. The zero-order valence-electron chi connectivity index (χ0n) is 12.2. The molecular formula is C13H17BBrNO4. The first kappa shape index (κ1) is 15.5. The van der Waals surface area contributed by atoms with E-state index in [1.165, 1.54) is 7.11 Å². The molecule has 2 rings (SSSR count). The fourth-order valence-electron chi connectivity index (χ4n) is 1.84. The molecule has 0 radical (unpaired) electrons. The molecule has 1 aromatic heterocycles. The molecule has 0 aromatic carbocycles. The highest BCUT2D eigenvalue weighted by molar-refractivity contribution is 9.10. The maximum Gasteiger partial charge on any atom is 0.495 e. The van der Waals surface area contributed by atoms with Crippen LogP contribution in [-0.4, -0.2) is 36.4 Å². The average molecular weight is 342 g/mol. The lowest BCUT2D eigenvalue weighted by Crippen LogP contribution is -2.41. The van der Waals surface area contributed by atoms with E-state index in [2.05, 4.69) is 25.7 Å². The van der Waals surface area contributed by atoms with Gasteiger partial charge in [0.2, 0.25) is 0 Å². The minimum Gasteiger partial charge on any atom is -0.464 e. The molecule has 0 N–H and O–H groups in total. The molecule has 7 heteroatoms. The first-order valence-electron chi connectivity index (χ1n) is 6.28. The van der Waals surface area contributed by atoms with Gasteiger partial charge >= 0.3 is 13.1 Å². The number of halogens is 1. The normalized spacial score (nSPS) is 20.0. The Morgan fingerprint density at radius 2 is 1.80 bits per heavy atom. The topological polar surface area (TPSA) is 57.7 Å². The van der Waals surface area contributed by atoms with E-state index in [0.29, 0.717) is 4.60 Å². The van der Waals surface area contributed by atoms with Gasteiger partial charge in [-0.25, -0.2) is 9.78 Å². The average Bonchev–Trinajstić information content (AvgIpc) is 2.57. The summed E-state index contributed by atoms with van der Waals surface area (Å²) in [5.74, 6) is -0.496. The molecule has 108 valence electrons. The summed E-state index contributed by atoms with van der Waals surface area (Å²) >= 11 is 3.28. The molecule has 0 unspecified atom stereocenters. The zero-order valence-corrected chi connectivity index (χ0v) is 13.8. The van der Waals surface area contributed by atoms with Crippen molar-refractivity contribution in [2.75, 3.05) is 7.11 Å². The van der Waals surface area contributed by atoms with Gasteiger partial charge in [-0.05, 0) is 61.2 Å². The fourth-order valence-corrected chi connectivity index (χ4v) is 2.30. The molecule has 5 nitrogen and oxygen atoms in total. The van der Waals surface area contributed by atoms with Crippen LogP contribution in [0.5, 0.6) is 0 Å². The van der Waals surface area contributed by atoms with Crippen LogP contribution in [0.4, 0.5) is 0 Å². The number of esters is 1. The van der Waals surface area contributed by atoms with Crippen LogP contribution >= 0.6 is 15.9 Å². The van der Waals surface area contributed by atoms with Crippen molar-refractivity contribution in [1.82, 2.24) is 4.98 Å². The molecular weight excluding hydrogens is 325 g/mol. The van der Waals surface area contributed by atoms with Crippen LogP contribution in [0.15, 0.2) is 16.7 Å². The number of hydrogen-bond acceptors (Lipinski definition) is 5. The molecule has 20 heavy (non-hydrogen) atoms. The second kappa shape index (κ2) is 5.13. The van der Waals surface area contributed by atoms with E-state index in [-0.39, 0.29) is 5.69 Å². The van der Waals surface area contributed by atoms with Crippen molar-refractivity contribution >= 4 is 34.5 Å². The highest BCUT2D eigenvalue weighted by Crippen LogP contribution is 2.36. The largest absolute Gasteiger partial charge is 0.495 e. The van der Waals surface area contributed by atoms with Crippen LogP contribution < -0.4 is 5.46 Å². The van der Waals surface area contributed by atoms with Gasteiger partial charge in [-0.1, -0.05) is 0 Å². The van der Waals surface area contributed by atoms with E-state index in [4.69, 9.17) is 9.31 Å². The van der Waals surface area contributed by atoms with E-state index in [0.717, 1.165) is 5.46 Å². The second-order valence-corrected chi connectivity index (χ2v) is 6.50. The molecule has 1 fully saturated rings. The highest BCUT2D eigenvalue weighted by Gasteiger charge is 2.51. The molecule has 1 aliphatic rings. The number of carbonyl (C=O) groups excluding carboxylic acids is 1. The number of nitrogens with zero attached hydrogens (tertiary/aromatic N) is 1. The molecule has 1 saturated heterocycles. The Morgan fingerprint density at radius 1 is 1.25 bits per heavy atom. The maximum atomic E-state index is 11.6. The third-order valence-corrected chi connectivity index (χ3v) is 4.14. The predicted molar refractivity (Wildman–Crippen MR) is 79.0 cm³/mol. The minimum absolute atomic E-state index is 0.214. The van der Waals surface area contributed by atoms with Gasteiger partial charge in [0.15, 0.2) is 0 Å². The Kier molecular flexibility index (Phi) is 3.97. The molecule has 0 atom stereocenters. The number of carbonyl (C=O) groups is 1. The third-order valence-electron chi connectivity index (χ3n) is 3.74. The monoisotopic (exact) mass is 341 g/mol. The number of ether oxygens (including phenoxy) is 1. The van der Waals surface area contributed by atoms with Gasteiger partial charge in [-0.2, -0.15) is 0 Å². The Hall–Kier alpha value is -0.915. The first-order chi connectivity index (χ1) is 9.16. The quantitative estimate of drug-likeness (QED) is 0.467. The lowest BCUT2D eigenvalue weighted by Gasteiger charge is -2.32. The van der Waals surface area contributed by atoms with Crippen LogP contribution in [0.3, 0.4) is 0 Å². The predicted octanol–water partition coefficient (Wildman–Crippen LogP) is 1.93. The van der Waals surface area contributed by atoms with Crippen LogP contribution in [0, 0.1) is 0 Å². The van der Waals surface area contributed by atoms with Gasteiger partial charge in [0, 0.05) is 0 Å². The van der Waals surface area contributed by atoms with Gasteiger partial charge in [0.05, 0.1) is 18.3 Å². The second-order valence-electron chi connectivity index (χ2n) is 5.69. The Bertz CT molecular complexity index is 531. The number of rotatable bonds is 2. The standard InChI is InChI=1S/C13H17BBrNO4/c1-12(2)13(3,4)20-14(19-12)8-6-9(11(17)18-5)16-10(15)7-8/h6-7H,1-5H3. The van der Waals surface area contributed by atoms with Gasteiger partial charge in [0.1, 0.15) is 10.3 Å². The molecule has 0 aliphatic carbocycles. The Morgan fingerprint density at radius 3 is 2.30 bits per heavy atom. The van der Waals surface area contributed by atoms with Gasteiger partial charge in [0.25, 0.3) is 0 Å². The van der Waals surface area contributed by atoms with Crippen molar-refractivity contribution in [2.24, 2.45) is 0 Å². The number of pyridine rings is 1. The Labute approximate surface area is 127 Å². The summed E-state index contributed by atoms with van der Waals surface area (Å²) < 4.78 is 17.1. The van der Waals surface area contributed by atoms with Crippen molar-refractivity contribution in [3.8, 4) is 0 Å². The van der Waals surface area contributed by atoms with Crippen molar-refractivity contribution in [3.05, 3.63) is 22.4 Å². The zero-order chi connectivity index (χ0) is 15.1. The van der Waals surface area contributed by atoms with Crippen molar-refractivity contribution in [1.29, 1.82) is 0 Å². The van der Waals surface area contributed by atoms with Gasteiger partial charge in [-0.3, -0.25) is 0 Å². The molecule has 0 amide bonds. The summed E-state index contributed by atoms with van der Waals surface area (Å²) in [5, 5.41) is 0. The molecule has 1 aromatic rings. The minimum atomic E-state index is -0.539. The third kappa shape index (κ3) is 2.75. The summed E-state index contributed by atoms with van der Waals surface area (Å²) in [5.41, 5.74) is 0.0787. The van der Waals surface area contributed by atoms with Gasteiger partial charge < -0.3 is 14.0 Å². The summed E-state index contributed by atoms with van der Waals surface area (Å²) in [6.45, 7) is 7.91. The van der Waals surface area contributed by atoms with Crippen LogP contribution in [0.1, 0.15) is 38.2 Å². The highest BCUT2D eigenvalue weighted by atomic mass is 79.9. The van der Waals surface area contributed by atoms with Crippen LogP contribution in [-0.2, 0) is 14.0 Å². The summed E-state index contributed by atoms with van der Waals surface area (Å²) in [4.78, 5) is 15.7. The van der Waals surface area contributed by atoms with Crippen molar-refractivity contribution in [2.45, 2.75) is 38.9 Å². The lowest BCUT2D eigenvalue weighted by molar-refractivity contribution is 0.00578. The summed E-state index contributed by atoms with van der Waals surface area (Å²) in [6.07, 6.45) is 0. The van der Waals surface area contributed by atoms with Crippen molar-refractivity contribution in [3.63, 3.8) is 0 Å².